The van der Waals surface area contributed by atoms with Gasteiger partial charge in [0.15, 0.2) is 6.10 Å². The lowest BCUT2D eigenvalue weighted by Gasteiger charge is -2.14. The molecule has 0 spiro atoms. The third-order valence-electron chi connectivity index (χ3n) is 3.49. The van der Waals surface area contributed by atoms with Crippen LogP contribution in [0.1, 0.15) is 31.1 Å². The van der Waals surface area contributed by atoms with Crippen molar-refractivity contribution in [3.8, 4) is 0 Å². The number of anilines is 1. The van der Waals surface area contributed by atoms with Gasteiger partial charge < -0.3 is 10.1 Å². The summed E-state index contributed by atoms with van der Waals surface area (Å²) in [6.07, 6.45) is -1.01. The molecule has 0 radical (unpaired) electrons. The zero-order valence-corrected chi connectivity index (χ0v) is 16.1. The van der Waals surface area contributed by atoms with Crippen molar-refractivity contribution >= 4 is 27.6 Å². The molecular weight excluding hydrogens is 368 g/mol. The van der Waals surface area contributed by atoms with E-state index in [0.29, 0.717) is 11.3 Å². The summed E-state index contributed by atoms with van der Waals surface area (Å²) in [6.45, 7) is 4.91. The molecule has 8 heteroatoms. The zero-order valence-electron chi connectivity index (χ0n) is 15.3. The van der Waals surface area contributed by atoms with Gasteiger partial charge >= 0.3 is 5.97 Å². The normalized spacial score (nSPS) is 12.4. The fourth-order valence-electron chi connectivity index (χ4n) is 2.20. The van der Waals surface area contributed by atoms with E-state index in [1.807, 2.05) is 0 Å². The number of hydrogen-bond donors (Lipinski definition) is 2. The lowest BCUT2D eigenvalue weighted by atomic mass is 10.2. The SMILES string of the molecule is CC(C)NS(=O)(=O)c1ccc(NC(=O)[C@@H](C)OC(=O)c2ccccc2)cc1. The molecule has 0 aliphatic carbocycles. The number of benzene rings is 2. The third-order valence-corrected chi connectivity index (χ3v) is 5.16. The number of amides is 1. The molecule has 2 aromatic rings. The second-order valence-electron chi connectivity index (χ2n) is 6.20. The maximum atomic E-state index is 12.2. The van der Waals surface area contributed by atoms with Crippen LogP contribution in [-0.4, -0.2) is 32.4 Å². The summed E-state index contributed by atoms with van der Waals surface area (Å²) >= 11 is 0. The molecule has 144 valence electrons. The largest absolute Gasteiger partial charge is 0.449 e. The molecule has 2 N–H and O–H groups in total. The van der Waals surface area contributed by atoms with Crippen LogP contribution in [0.3, 0.4) is 0 Å². The molecule has 1 atom stereocenters. The number of sulfonamides is 1. The van der Waals surface area contributed by atoms with Gasteiger partial charge in [0.1, 0.15) is 0 Å². The Morgan fingerprint density at radius 3 is 2.07 bits per heavy atom. The Kier molecular flexibility index (Phi) is 6.70. The summed E-state index contributed by atoms with van der Waals surface area (Å²) in [5.74, 6) is -1.12. The van der Waals surface area contributed by atoms with E-state index in [4.69, 9.17) is 4.74 Å². The predicted octanol–water partition coefficient (Wildman–Crippen LogP) is 2.56. The summed E-state index contributed by atoms with van der Waals surface area (Å²) in [5.41, 5.74) is 0.746. The number of carbonyl (C=O) groups is 2. The predicted molar refractivity (Wildman–Crippen MR) is 102 cm³/mol. The lowest BCUT2D eigenvalue weighted by Crippen LogP contribution is -2.30. The van der Waals surface area contributed by atoms with E-state index in [-0.39, 0.29) is 10.9 Å². The van der Waals surface area contributed by atoms with E-state index < -0.39 is 28.0 Å². The third kappa shape index (κ3) is 5.90. The number of ether oxygens (including phenoxy) is 1. The Bertz CT molecular complexity index is 893. The number of hydrogen-bond acceptors (Lipinski definition) is 5. The van der Waals surface area contributed by atoms with E-state index in [1.54, 1.807) is 44.2 Å². The molecule has 2 rings (SSSR count). The van der Waals surface area contributed by atoms with Crippen LogP contribution in [0.5, 0.6) is 0 Å². The fourth-order valence-corrected chi connectivity index (χ4v) is 3.45. The van der Waals surface area contributed by atoms with Crippen molar-refractivity contribution in [2.75, 3.05) is 5.32 Å². The molecule has 27 heavy (non-hydrogen) atoms. The van der Waals surface area contributed by atoms with E-state index in [9.17, 15) is 18.0 Å². The van der Waals surface area contributed by atoms with E-state index >= 15 is 0 Å². The van der Waals surface area contributed by atoms with Gasteiger partial charge in [-0.05, 0) is 57.2 Å². The molecular formula is C19H22N2O5S. The summed E-state index contributed by atoms with van der Waals surface area (Å²) in [7, 11) is -3.60. The molecule has 0 heterocycles. The van der Waals surface area contributed by atoms with Gasteiger partial charge in [0.05, 0.1) is 10.5 Å². The quantitative estimate of drug-likeness (QED) is 0.708. The molecule has 0 bridgehead atoms. The molecule has 0 fully saturated rings. The van der Waals surface area contributed by atoms with Crippen molar-refractivity contribution in [3.05, 3.63) is 60.2 Å². The lowest BCUT2D eigenvalue weighted by molar-refractivity contribution is -0.123. The van der Waals surface area contributed by atoms with Gasteiger partial charge in [-0.1, -0.05) is 18.2 Å². The van der Waals surface area contributed by atoms with Crippen LogP contribution >= 0.6 is 0 Å². The van der Waals surface area contributed by atoms with E-state index in [0.717, 1.165) is 0 Å². The average molecular weight is 390 g/mol. The van der Waals surface area contributed by atoms with Crippen molar-refractivity contribution in [1.29, 1.82) is 0 Å². The van der Waals surface area contributed by atoms with Crippen LogP contribution in [0.2, 0.25) is 0 Å². The molecule has 0 saturated carbocycles. The maximum absolute atomic E-state index is 12.2. The first-order valence-electron chi connectivity index (χ1n) is 8.38. The van der Waals surface area contributed by atoms with Crippen molar-refractivity contribution in [1.82, 2.24) is 4.72 Å². The van der Waals surface area contributed by atoms with Crippen molar-refractivity contribution in [2.45, 2.75) is 37.8 Å². The Labute approximate surface area is 158 Å². The van der Waals surface area contributed by atoms with Crippen LogP contribution in [0.15, 0.2) is 59.5 Å². The second-order valence-corrected chi connectivity index (χ2v) is 7.92. The fraction of sp³-hybridized carbons (Fsp3) is 0.263. The van der Waals surface area contributed by atoms with Crippen LogP contribution < -0.4 is 10.0 Å². The second kappa shape index (κ2) is 8.79. The van der Waals surface area contributed by atoms with Gasteiger partial charge in [-0.15, -0.1) is 0 Å². The van der Waals surface area contributed by atoms with Gasteiger partial charge in [-0.25, -0.2) is 17.9 Å². The highest BCUT2D eigenvalue weighted by Crippen LogP contribution is 2.15. The first-order chi connectivity index (χ1) is 12.7. The summed E-state index contributed by atoms with van der Waals surface area (Å²) in [4.78, 5) is 24.3. The maximum Gasteiger partial charge on any atom is 0.338 e. The topological polar surface area (TPSA) is 102 Å². The number of carbonyl (C=O) groups excluding carboxylic acids is 2. The van der Waals surface area contributed by atoms with Crippen molar-refractivity contribution < 1.29 is 22.7 Å². The number of esters is 1. The minimum Gasteiger partial charge on any atom is -0.449 e. The molecule has 0 aliphatic heterocycles. The molecule has 0 aliphatic rings. The Hall–Kier alpha value is -2.71. The minimum absolute atomic E-state index is 0.0951. The zero-order chi connectivity index (χ0) is 20.0. The summed E-state index contributed by atoms with van der Waals surface area (Å²) in [6, 6.07) is 13.9. The Morgan fingerprint density at radius 1 is 0.926 bits per heavy atom. The van der Waals surface area contributed by atoms with Crippen LogP contribution in [-0.2, 0) is 19.6 Å². The molecule has 0 aromatic heterocycles. The van der Waals surface area contributed by atoms with Gasteiger partial charge in [-0.2, -0.15) is 0 Å². The molecule has 0 unspecified atom stereocenters. The van der Waals surface area contributed by atoms with Crippen LogP contribution in [0, 0.1) is 0 Å². The molecule has 0 saturated heterocycles. The monoisotopic (exact) mass is 390 g/mol. The standard InChI is InChI=1S/C19H22N2O5S/c1-13(2)21-27(24,25)17-11-9-16(10-12-17)20-18(22)14(3)26-19(23)15-7-5-4-6-8-15/h4-14,21H,1-3H3,(H,20,22)/t14-/m1/s1. The highest BCUT2D eigenvalue weighted by Gasteiger charge is 2.20. The highest BCUT2D eigenvalue weighted by atomic mass is 32.2. The first kappa shape index (κ1) is 20.6. The van der Waals surface area contributed by atoms with E-state index in [1.165, 1.54) is 31.2 Å². The molecule has 1 amide bonds. The number of nitrogens with one attached hydrogen (secondary N) is 2. The summed E-state index contributed by atoms with van der Waals surface area (Å²) in [5, 5.41) is 2.59. The van der Waals surface area contributed by atoms with Crippen molar-refractivity contribution in [3.63, 3.8) is 0 Å². The van der Waals surface area contributed by atoms with E-state index in [2.05, 4.69) is 10.0 Å². The summed E-state index contributed by atoms with van der Waals surface area (Å²) < 4.78 is 31.8. The van der Waals surface area contributed by atoms with Crippen molar-refractivity contribution in [2.24, 2.45) is 0 Å². The Balaban J connectivity index is 1.98. The smallest absolute Gasteiger partial charge is 0.338 e. The number of rotatable bonds is 7. The van der Waals surface area contributed by atoms with Crippen LogP contribution in [0.4, 0.5) is 5.69 Å². The molecule has 7 nitrogen and oxygen atoms in total. The van der Waals surface area contributed by atoms with Gasteiger partial charge in [-0.3, -0.25) is 4.79 Å². The van der Waals surface area contributed by atoms with Gasteiger partial charge in [0.25, 0.3) is 5.91 Å². The minimum atomic E-state index is -3.60. The molecule has 2 aromatic carbocycles. The van der Waals surface area contributed by atoms with Gasteiger partial charge in [0.2, 0.25) is 10.0 Å². The van der Waals surface area contributed by atoms with Crippen LogP contribution in [0.25, 0.3) is 0 Å². The highest BCUT2D eigenvalue weighted by molar-refractivity contribution is 7.89. The Morgan fingerprint density at radius 2 is 1.52 bits per heavy atom. The average Bonchev–Trinajstić information content (AvgIpc) is 2.61. The first-order valence-corrected chi connectivity index (χ1v) is 9.86. The van der Waals surface area contributed by atoms with Gasteiger partial charge in [0, 0.05) is 11.7 Å².